The molecule has 10 aromatic rings. The molecular weight excluding hydrogens is 1420 g/mol. The molecule has 0 unspecified atom stereocenters. The number of halogens is 10. The van der Waals surface area contributed by atoms with Crippen molar-refractivity contribution in [1.29, 1.82) is 0 Å². The molecule has 0 radical (unpaired) electrons. The van der Waals surface area contributed by atoms with E-state index >= 15 is 14.0 Å². The Morgan fingerprint density at radius 3 is 1.26 bits per heavy atom. The number of alkyl halides is 6. The van der Waals surface area contributed by atoms with Crippen molar-refractivity contribution in [3.8, 4) is 22.3 Å². The van der Waals surface area contributed by atoms with E-state index in [1.54, 1.807) is 0 Å². The number of carbonyl (C=O) groups is 2. The van der Waals surface area contributed by atoms with Gasteiger partial charge in [-0.25, -0.2) is 17.6 Å². The number of hydrogen-bond acceptors (Lipinski definition) is 10. The van der Waals surface area contributed by atoms with Crippen LogP contribution in [0.4, 0.5) is 43.9 Å². The molecule has 2 amide bonds. The summed E-state index contributed by atoms with van der Waals surface area (Å²) in [5.41, 5.74) is -9.16. The van der Waals surface area contributed by atoms with Crippen molar-refractivity contribution in [2.75, 3.05) is 66.7 Å². The maximum atomic E-state index is 15.3. The zero-order valence-corrected chi connectivity index (χ0v) is 58.9. The van der Waals surface area contributed by atoms with Crippen LogP contribution in [0.2, 0.25) is 0 Å². The lowest BCUT2D eigenvalue weighted by Gasteiger charge is -2.39. The molecule has 556 valence electrons. The molecule has 2 fully saturated rings. The van der Waals surface area contributed by atoms with Crippen molar-refractivity contribution in [3.05, 3.63) is 270 Å². The van der Waals surface area contributed by atoms with Gasteiger partial charge in [0.1, 0.15) is 13.0 Å². The van der Waals surface area contributed by atoms with Crippen LogP contribution in [0.3, 0.4) is 0 Å². The standard InChI is InChI=1S/2C41H40F5N3O3S/c2*1-27-6-15-36-34(22-27)37(50)23-39(53-26-31-4-3-5-35(42)40(31)43)49(36)25-38(51)48(33-16-18-47(19-17-33)20-21-52-2)24-28-7-9-29(10-8-28)30-11-13-32(14-12-30)41(44,45)46/h2*3-15,22-23,33H,16-21,24-26H2,1-2H3/i6D,15D,22D,23D,24D2,25D2,26D2;6D,15D,22D,23D,24D2,25D2. The molecule has 2 saturated heterocycles. The molecule has 0 atom stereocenters. The van der Waals surface area contributed by atoms with Crippen LogP contribution in [0.1, 0.15) is 94.9 Å². The highest BCUT2D eigenvalue weighted by Crippen LogP contribution is 2.36. The number of ether oxygens (including phenoxy) is 2. The molecule has 4 heterocycles. The number of rotatable bonds is 24. The minimum Gasteiger partial charge on any atom is -0.383 e. The summed E-state index contributed by atoms with van der Waals surface area (Å²) in [7, 11) is 3.05. The molecule has 0 saturated carbocycles. The molecule has 2 aromatic heterocycles. The Bertz CT molecular complexity index is 5830. The number of fused-ring (bicyclic) bond motifs is 2. The Morgan fingerprint density at radius 1 is 0.509 bits per heavy atom. The van der Waals surface area contributed by atoms with Crippen molar-refractivity contribution in [3.63, 3.8) is 0 Å². The van der Waals surface area contributed by atoms with Crippen molar-refractivity contribution >= 4 is 57.1 Å². The Kier molecular flexibility index (Phi) is 18.9. The average molecular weight is 1520 g/mol. The van der Waals surface area contributed by atoms with E-state index in [1.165, 1.54) is 113 Å². The fourth-order valence-electron chi connectivity index (χ4n) is 11.8. The summed E-state index contributed by atoms with van der Waals surface area (Å²) >= 11 is 0.330. The van der Waals surface area contributed by atoms with E-state index in [9.17, 15) is 60.1 Å². The molecule has 2 aliphatic rings. The number of pyridine rings is 2. The Morgan fingerprint density at radius 2 is 0.877 bits per heavy atom. The van der Waals surface area contributed by atoms with E-state index in [0.717, 1.165) is 47.4 Å². The number of aromatic nitrogens is 2. The molecule has 2 aliphatic heterocycles. The molecule has 0 aliphatic carbocycles. The van der Waals surface area contributed by atoms with Gasteiger partial charge in [0.15, 0.2) is 34.1 Å². The van der Waals surface area contributed by atoms with Crippen molar-refractivity contribution in [2.45, 2.75) is 111 Å². The quantitative estimate of drug-likeness (QED) is 0.0428. The third-order valence-electron chi connectivity index (χ3n) is 17.5. The molecule has 8 aromatic carbocycles. The van der Waals surface area contributed by atoms with E-state index in [1.807, 2.05) is 9.80 Å². The van der Waals surface area contributed by atoms with Crippen LogP contribution in [0.15, 0.2) is 201 Å². The third kappa shape index (κ3) is 19.6. The van der Waals surface area contributed by atoms with Gasteiger partial charge in [-0.1, -0.05) is 120 Å². The number of thioether (sulfide) groups is 2. The summed E-state index contributed by atoms with van der Waals surface area (Å²) < 4.78 is 314. The van der Waals surface area contributed by atoms with E-state index in [-0.39, 0.29) is 65.3 Å². The van der Waals surface area contributed by atoms with Crippen molar-refractivity contribution < 1.29 is 87.6 Å². The number of likely N-dealkylation sites (tertiary alicyclic amines) is 2. The summed E-state index contributed by atoms with van der Waals surface area (Å²) in [6.45, 7) is -7.28. The zero-order chi connectivity index (χ0) is 91.3. The summed E-state index contributed by atoms with van der Waals surface area (Å²) in [6.07, 6.45) is -8.66. The Hall–Kier alpha value is -9.04. The highest BCUT2D eigenvalue weighted by Gasteiger charge is 2.34. The Balaban J connectivity index is 0.000000241. The predicted molar refractivity (Wildman–Crippen MR) is 395 cm³/mol. The number of nitrogens with zero attached hydrogens (tertiary/aromatic N) is 6. The average Bonchev–Trinajstić information content (AvgIpc) is 0.714. The van der Waals surface area contributed by atoms with Gasteiger partial charge < -0.3 is 38.2 Å². The number of piperidine rings is 2. The van der Waals surface area contributed by atoms with Crippen LogP contribution >= 0.6 is 23.5 Å². The van der Waals surface area contributed by atoms with Crippen LogP contribution in [0.5, 0.6) is 0 Å². The van der Waals surface area contributed by atoms with Gasteiger partial charge in [-0.3, -0.25) is 19.2 Å². The van der Waals surface area contributed by atoms with Gasteiger partial charge in [0.2, 0.25) is 11.8 Å². The lowest BCUT2D eigenvalue weighted by atomic mass is 10.00. The monoisotopic (exact) mass is 1520 g/mol. The fourth-order valence-corrected chi connectivity index (χ4v) is 13.5. The van der Waals surface area contributed by atoms with E-state index in [0.29, 0.717) is 107 Å². The molecule has 12 nitrogen and oxygen atoms in total. The number of methoxy groups -OCH3 is 2. The lowest BCUT2D eigenvalue weighted by Crippen LogP contribution is -2.48. The normalized spacial score (nSPS) is 17.3. The minimum absolute atomic E-state index is 0.0862. The first kappa shape index (κ1) is 57.2. The molecule has 0 spiro atoms. The molecule has 24 heteroatoms. The van der Waals surface area contributed by atoms with Gasteiger partial charge in [-0.05, 0) is 133 Å². The Labute approximate surface area is 641 Å². The molecule has 0 N–H and O–H groups in total. The summed E-state index contributed by atoms with van der Waals surface area (Å²) in [6, 6.07) is 17.0. The topological polar surface area (TPSA) is 110 Å². The van der Waals surface area contributed by atoms with Gasteiger partial charge in [-0.2, -0.15) is 26.3 Å². The maximum absolute atomic E-state index is 15.3. The number of benzene rings is 8. The largest absolute Gasteiger partial charge is 0.416 e. The first-order valence-electron chi connectivity index (χ1n) is 42.2. The number of amides is 2. The summed E-state index contributed by atoms with van der Waals surface area (Å²) in [5, 5.41) is -3.03. The zero-order valence-electron chi connectivity index (χ0n) is 75.3. The van der Waals surface area contributed by atoms with Gasteiger partial charge in [-0.15, -0.1) is 23.5 Å². The van der Waals surface area contributed by atoms with Gasteiger partial charge in [0.05, 0.1) is 67.4 Å². The minimum atomic E-state index is -4.58. The van der Waals surface area contributed by atoms with E-state index < -0.39 is 205 Å². The smallest absolute Gasteiger partial charge is 0.383 e. The lowest BCUT2D eigenvalue weighted by molar-refractivity contribution is -0.138. The van der Waals surface area contributed by atoms with E-state index in [4.69, 9.17) is 23.2 Å². The first-order chi connectivity index (χ1) is 58.0. The number of carbonyl (C=O) groups excluding carboxylic acids is 2. The highest BCUT2D eigenvalue weighted by atomic mass is 32.2. The van der Waals surface area contributed by atoms with Crippen LogP contribution < -0.4 is 10.9 Å². The predicted octanol–water partition coefficient (Wildman–Crippen LogP) is 17.4. The van der Waals surface area contributed by atoms with Crippen LogP contribution in [-0.2, 0) is 68.9 Å². The second-order valence-corrected chi connectivity index (χ2v) is 26.4. The second-order valence-electron chi connectivity index (χ2n) is 24.7. The van der Waals surface area contributed by atoms with Crippen LogP contribution in [0.25, 0.3) is 44.1 Å². The number of hydrogen-bond donors (Lipinski definition) is 0. The van der Waals surface area contributed by atoms with Crippen LogP contribution in [-0.4, -0.2) is 119 Å². The third-order valence-corrected chi connectivity index (χ3v) is 19.3. The van der Waals surface area contributed by atoms with Crippen molar-refractivity contribution in [2.24, 2.45) is 0 Å². The molecule has 12 rings (SSSR count). The summed E-state index contributed by atoms with van der Waals surface area (Å²) in [4.78, 5) is 63.6. The molecule has 0 bridgehead atoms. The maximum Gasteiger partial charge on any atom is 0.416 e. The van der Waals surface area contributed by atoms with E-state index in [2.05, 4.69) is 0 Å². The van der Waals surface area contributed by atoms with Crippen LogP contribution in [0, 0.1) is 37.1 Å². The SMILES string of the molecule is [2H]c1c(C)c([2H])c2c(=O)c([2H])c(SC([2H])([2H])c3cccc(F)c3F)n(C([2H])([2H])C(=O)N(C3CCN(CCOC)CC3)C([2H])([2H])c3ccc(-c4ccc(C(F)(F)F)cc4)cc3)c2c1[2H].[2H]c1c(C)c([2H])c2c(=O)c([2H])c(SCc3cccc(F)c3F)n(C([2H])([2H])C(=O)N(C3CCN(CCOC)CC3)C([2H])([2H])c3ccc(-c4ccc(C(F)(F)F)cc4)cc3)c2c1[2H]. The highest BCUT2D eigenvalue weighted by molar-refractivity contribution is 7.98. The molecular formula is C82H80F10N6O6S2. The second kappa shape index (κ2) is 35.1. The van der Waals surface area contributed by atoms with Gasteiger partial charge in [0, 0.05) is 127 Å². The molecule has 106 heavy (non-hydrogen) atoms. The fraction of sp³-hybridized carbons (Fsp3) is 0.317. The van der Waals surface area contributed by atoms with Crippen molar-refractivity contribution in [1.82, 2.24) is 28.7 Å². The van der Waals surface area contributed by atoms with Gasteiger partial charge in [0.25, 0.3) is 0 Å². The van der Waals surface area contributed by atoms with Gasteiger partial charge >= 0.3 is 12.4 Å². The first-order valence-corrected chi connectivity index (χ1v) is 35.0. The summed E-state index contributed by atoms with van der Waals surface area (Å²) in [5.74, 6) is -9.21.